The van der Waals surface area contributed by atoms with E-state index in [1.165, 1.54) is 0 Å². The van der Waals surface area contributed by atoms with Gasteiger partial charge in [-0.25, -0.2) is 0 Å². The molecule has 0 fully saturated rings. The zero-order valence-electron chi connectivity index (χ0n) is 14.7. The summed E-state index contributed by atoms with van der Waals surface area (Å²) in [5.41, 5.74) is 0.00717. The smallest absolute Gasteiger partial charge is 0.122 e. The lowest BCUT2D eigenvalue weighted by atomic mass is 10.00. The van der Waals surface area contributed by atoms with Gasteiger partial charge in [-0.05, 0) is 42.7 Å². The van der Waals surface area contributed by atoms with E-state index in [1.54, 1.807) is 13.2 Å². The highest BCUT2D eigenvalue weighted by atomic mass is 16.5. The average Bonchev–Trinajstić information content (AvgIpc) is 2.66. The Morgan fingerprint density at radius 2 is 1.68 bits per heavy atom. The Morgan fingerprint density at radius 3 is 2.32 bits per heavy atom. The summed E-state index contributed by atoms with van der Waals surface area (Å²) < 4.78 is 16.6. The van der Waals surface area contributed by atoms with Gasteiger partial charge in [0.05, 0.1) is 20.3 Å². The normalized spacial score (nSPS) is 13.0. The van der Waals surface area contributed by atoms with Gasteiger partial charge in [-0.2, -0.15) is 0 Å². The van der Waals surface area contributed by atoms with E-state index >= 15 is 0 Å². The molecule has 0 aliphatic heterocycles. The Kier molecular flexibility index (Phi) is 7.51. The summed E-state index contributed by atoms with van der Waals surface area (Å²) in [4.78, 5) is 0. The predicted molar refractivity (Wildman–Crippen MR) is 99.0 cm³/mol. The van der Waals surface area contributed by atoms with Crippen molar-refractivity contribution in [3.05, 3.63) is 72.8 Å². The molecule has 0 saturated carbocycles. The topological polar surface area (TPSA) is 47.9 Å². The summed E-state index contributed by atoms with van der Waals surface area (Å²) >= 11 is 0. The van der Waals surface area contributed by atoms with Crippen molar-refractivity contribution in [2.24, 2.45) is 0 Å². The first-order chi connectivity index (χ1) is 12.1. The summed E-state index contributed by atoms with van der Waals surface area (Å²) in [6, 6.07) is 17.2. The molecule has 0 radical (unpaired) electrons. The Labute approximate surface area is 149 Å². The monoisotopic (exact) mass is 342 g/mol. The van der Waals surface area contributed by atoms with Crippen molar-refractivity contribution in [1.29, 1.82) is 0 Å². The molecule has 0 spiro atoms. The molecule has 0 aliphatic carbocycles. The van der Waals surface area contributed by atoms with Crippen molar-refractivity contribution >= 4 is 0 Å². The van der Waals surface area contributed by atoms with E-state index in [9.17, 15) is 5.11 Å². The summed E-state index contributed by atoms with van der Waals surface area (Å²) in [6.07, 6.45) is 3.01. The Hall–Kier alpha value is -2.30. The molecule has 4 heteroatoms. The highest BCUT2D eigenvalue weighted by Crippen LogP contribution is 2.21. The van der Waals surface area contributed by atoms with Crippen molar-refractivity contribution in [2.45, 2.75) is 25.0 Å². The predicted octanol–water partition coefficient (Wildman–Crippen LogP) is 3.99. The van der Waals surface area contributed by atoms with Crippen LogP contribution in [0.3, 0.4) is 0 Å². The van der Waals surface area contributed by atoms with E-state index in [2.05, 4.69) is 6.58 Å². The lowest BCUT2D eigenvalue weighted by Gasteiger charge is -2.27. The minimum atomic E-state index is -1.07. The van der Waals surface area contributed by atoms with E-state index in [1.807, 2.05) is 54.6 Å². The summed E-state index contributed by atoms with van der Waals surface area (Å²) in [5.74, 6) is 1.45. The number of methoxy groups -OCH3 is 1. The van der Waals surface area contributed by atoms with Gasteiger partial charge < -0.3 is 19.3 Å². The number of allylic oxidation sites excluding steroid dienone is 1. The molecule has 0 amide bonds. The molecule has 0 aliphatic rings. The molecule has 2 rings (SSSR count). The van der Waals surface area contributed by atoms with Crippen LogP contribution in [0.2, 0.25) is 0 Å². The van der Waals surface area contributed by atoms with Crippen LogP contribution < -0.4 is 9.47 Å². The Balaban J connectivity index is 1.89. The molecule has 134 valence electrons. The molecule has 2 aromatic carbocycles. The van der Waals surface area contributed by atoms with Crippen LogP contribution in [0.5, 0.6) is 11.5 Å². The lowest BCUT2D eigenvalue weighted by Crippen LogP contribution is -2.40. The molecule has 0 bridgehead atoms. The van der Waals surface area contributed by atoms with Gasteiger partial charge in [0, 0.05) is 0 Å². The first-order valence-electron chi connectivity index (χ1n) is 8.37. The van der Waals surface area contributed by atoms with Crippen LogP contribution in [0.15, 0.2) is 67.3 Å². The molecule has 25 heavy (non-hydrogen) atoms. The van der Waals surface area contributed by atoms with E-state index in [4.69, 9.17) is 14.2 Å². The molecule has 1 atom stereocenters. The highest BCUT2D eigenvalue weighted by Gasteiger charge is 2.28. The first-order valence-corrected chi connectivity index (χ1v) is 8.37. The van der Waals surface area contributed by atoms with Crippen LogP contribution in [-0.4, -0.2) is 31.0 Å². The highest BCUT2D eigenvalue weighted by molar-refractivity contribution is 5.31. The number of benzene rings is 2. The van der Waals surface area contributed by atoms with Crippen LogP contribution in [0.4, 0.5) is 0 Å². The van der Waals surface area contributed by atoms with Crippen LogP contribution in [0, 0.1) is 0 Å². The number of aliphatic hydroxyl groups is 1. The molecule has 0 saturated heterocycles. The second kappa shape index (κ2) is 9.87. The van der Waals surface area contributed by atoms with Gasteiger partial charge in [-0.15, -0.1) is 6.58 Å². The number of hydrogen-bond acceptors (Lipinski definition) is 4. The molecule has 2 aromatic rings. The van der Waals surface area contributed by atoms with Crippen molar-refractivity contribution in [3.8, 4) is 11.5 Å². The number of ether oxygens (including phenoxy) is 3. The van der Waals surface area contributed by atoms with E-state index in [0.717, 1.165) is 11.3 Å². The molecule has 4 nitrogen and oxygen atoms in total. The third kappa shape index (κ3) is 6.61. The largest absolute Gasteiger partial charge is 0.497 e. The summed E-state index contributed by atoms with van der Waals surface area (Å²) in [7, 11) is 1.62. The van der Waals surface area contributed by atoms with E-state index in [0.29, 0.717) is 25.2 Å². The molecular weight excluding hydrogens is 316 g/mol. The number of rotatable bonds is 11. The average molecular weight is 342 g/mol. The standard InChI is InChI=1S/C21H26O4/c1-3-4-14-21(22,16-24-15-18-8-6-5-7-9-18)17-25-20-12-10-19(23-2)11-13-20/h3,5-13,22H,1,4,14-17H2,2H3. The minimum Gasteiger partial charge on any atom is -0.497 e. The van der Waals surface area contributed by atoms with Gasteiger partial charge in [-0.1, -0.05) is 36.4 Å². The maximum Gasteiger partial charge on any atom is 0.122 e. The molecule has 0 heterocycles. The Morgan fingerprint density at radius 1 is 1.00 bits per heavy atom. The van der Waals surface area contributed by atoms with E-state index < -0.39 is 5.60 Å². The van der Waals surface area contributed by atoms with Gasteiger partial charge in [0.1, 0.15) is 23.7 Å². The van der Waals surface area contributed by atoms with Crippen molar-refractivity contribution in [3.63, 3.8) is 0 Å². The zero-order chi connectivity index (χ0) is 18.0. The fourth-order valence-electron chi connectivity index (χ4n) is 2.38. The summed E-state index contributed by atoms with van der Waals surface area (Å²) in [6.45, 7) is 4.54. The van der Waals surface area contributed by atoms with Crippen LogP contribution in [0.1, 0.15) is 18.4 Å². The maximum atomic E-state index is 10.9. The van der Waals surface area contributed by atoms with E-state index in [-0.39, 0.29) is 13.2 Å². The van der Waals surface area contributed by atoms with Gasteiger partial charge >= 0.3 is 0 Å². The van der Waals surface area contributed by atoms with Crippen molar-refractivity contribution < 1.29 is 19.3 Å². The first kappa shape index (κ1) is 19.0. The van der Waals surface area contributed by atoms with Gasteiger partial charge in [0.2, 0.25) is 0 Å². The second-order valence-corrected chi connectivity index (χ2v) is 5.99. The summed E-state index contributed by atoms with van der Waals surface area (Å²) in [5, 5.41) is 10.9. The fraction of sp³-hybridized carbons (Fsp3) is 0.333. The van der Waals surface area contributed by atoms with Crippen LogP contribution in [0.25, 0.3) is 0 Å². The third-order valence-corrected chi connectivity index (χ3v) is 3.86. The molecular formula is C21H26O4. The Bertz CT molecular complexity index is 624. The minimum absolute atomic E-state index is 0.155. The molecule has 0 aromatic heterocycles. The van der Waals surface area contributed by atoms with Crippen molar-refractivity contribution in [2.75, 3.05) is 20.3 Å². The SMILES string of the molecule is C=CCCC(O)(COCc1ccccc1)COc1ccc(OC)cc1. The fourth-order valence-corrected chi connectivity index (χ4v) is 2.38. The van der Waals surface area contributed by atoms with Gasteiger partial charge in [0.15, 0.2) is 0 Å². The number of hydrogen-bond donors (Lipinski definition) is 1. The molecule has 1 N–H and O–H groups in total. The maximum absolute atomic E-state index is 10.9. The van der Waals surface area contributed by atoms with Crippen LogP contribution in [-0.2, 0) is 11.3 Å². The lowest BCUT2D eigenvalue weighted by molar-refractivity contribution is -0.0801. The van der Waals surface area contributed by atoms with Gasteiger partial charge in [-0.3, -0.25) is 0 Å². The quantitative estimate of drug-likeness (QED) is 0.627. The second-order valence-electron chi connectivity index (χ2n) is 5.99. The third-order valence-electron chi connectivity index (χ3n) is 3.86. The molecule has 1 unspecified atom stereocenters. The van der Waals surface area contributed by atoms with Gasteiger partial charge in [0.25, 0.3) is 0 Å². The van der Waals surface area contributed by atoms with Crippen molar-refractivity contribution in [1.82, 2.24) is 0 Å². The zero-order valence-corrected chi connectivity index (χ0v) is 14.7. The van der Waals surface area contributed by atoms with Crippen LogP contribution >= 0.6 is 0 Å².